The summed E-state index contributed by atoms with van der Waals surface area (Å²) in [4.78, 5) is 27.3. The van der Waals surface area contributed by atoms with E-state index in [-0.39, 0.29) is 47.6 Å². The number of nitro benzene ring substituents is 1. The molecule has 37 heavy (non-hydrogen) atoms. The lowest BCUT2D eigenvalue weighted by atomic mass is 9.98. The van der Waals surface area contributed by atoms with E-state index in [0.717, 1.165) is 22.3 Å². The number of ether oxygens (including phenoxy) is 1. The first-order chi connectivity index (χ1) is 18.0. The van der Waals surface area contributed by atoms with Gasteiger partial charge in [0.1, 0.15) is 12.7 Å². The normalized spacial score (nSPS) is 14.0. The van der Waals surface area contributed by atoms with E-state index < -0.39 is 23.2 Å². The van der Waals surface area contributed by atoms with Crippen molar-refractivity contribution in [3.8, 4) is 11.1 Å². The minimum absolute atomic E-state index is 0.0384. The summed E-state index contributed by atoms with van der Waals surface area (Å²) in [5.41, 5.74) is 4.88. The summed E-state index contributed by atoms with van der Waals surface area (Å²) < 4.78 is 5.49. The number of nitrogens with zero attached hydrogens (tertiary/aromatic N) is 2. The summed E-state index contributed by atoms with van der Waals surface area (Å²) in [6.07, 6.45) is -1.70. The van der Waals surface area contributed by atoms with E-state index in [1.54, 1.807) is 12.1 Å². The number of nitrogens with one attached hydrogen (secondary N) is 1. The Labute approximate surface area is 212 Å². The van der Waals surface area contributed by atoms with Crippen molar-refractivity contribution in [3.05, 3.63) is 106 Å². The van der Waals surface area contributed by atoms with Crippen LogP contribution in [-0.4, -0.2) is 45.5 Å². The van der Waals surface area contributed by atoms with E-state index in [1.807, 2.05) is 36.4 Å². The average Bonchev–Trinajstić information content (AvgIpc) is 3.24. The summed E-state index contributed by atoms with van der Waals surface area (Å²) in [6, 6.07) is 21.9. The van der Waals surface area contributed by atoms with Gasteiger partial charge in [-0.15, -0.1) is 0 Å². The Hall–Kier alpha value is -4.34. The van der Waals surface area contributed by atoms with E-state index in [1.165, 1.54) is 18.3 Å². The highest BCUT2D eigenvalue weighted by molar-refractivity contribution is 5.90. The van der Waals surface area contributed by atoms with Crippen LogP contribution in [0.25, 0.3) is 22.0 Å². The number of non-ortho nitro benzene ring substituents is 1. The number of amides is 1. The highest BCUT2D eigenvalue weighted by atomic mass is 16.6. The Bertz CT molecular complexity index is 1430. The molecule has 1 aromatic heterocycles. The number of aliphatic hydroxyl groups is 2. The molecule has 2 atom stereocenters. The molecule has 1 aliphatic rings. The van der Waals surface area contributed by atoms with Crippen molar-refractivity contribution in [2.24, 2.45) is 0 Å². The Morgan fingerprint density at radius 2 is 1.68 bits per heavy atom. The Balaban J connectivity index is 1.17. The van der Waals surface area contributed by atoms with Gasteiger partial charge in [-0.2, -0.15) is 0 Å². The van der Waals surface area contributed by atoms with E-state index >= 15 is 0 Å². The third kappa shape index (κ3) is 4.74. The Morgan fingerprint density at radius 1 is 1.00 bits per heavy atom. The van der Waals surface area contributed by atoms with Crippen molar-refractivity contribution in [1.29, 1.82) is 0 Å². The first-order valence-corrected chi connectivity index (χ1v) is 11.9. The maximum atomic E-state index is 12.4. The van der Waals surface area contributed by atoms with Crippen LogP contribution in [0.4, 0.5) is 10.5 Å². The summed E-state index contributed by atoms with van der Waals surface area (Å²) in [5, 5.41) is 35.4. The number of benzene rings is 3. The summed E-state index contributed by atoms with van der Waals surface area (Å²) in [5.74, 6) is -0.0616. The fourth-order valence-electron chi connectivity index (χ4n) is 4.91. The van der Waals surface area contributed by atoms with Gasteiger partial charge in [-0.05, 0) is 46.9 Å². The molecule has 0 saturated heterocycles. The minimum Gasteiger partial charge on any atom is -0.449 e. The molecule has 9 nitrogen and oxygen atoms in total. The summed E-state index contributed by atoms with van der Waals surface area (Å²) in [6.45, 7) is 0.235. The van der Waals surface area contributed by atoms with Gasteiger partial charge in [-0.25, -0.2) is 4.79 Å². The molecule has 5 rings (SSSR count). The van der Waals surface area contributed by atoms with Gasteiger partial charge >= 0.3 is 6.09 Å². The Morgan fingerprint density at radius 3 is 2.35 bits per heavy atom. The molecule has 4 aromatic rings. The van der Waals surface area contributed by atoms with Gasteiger partial charge in [0.2, 0.25) is 0 Å². The van der Waals surface area contributed by atoms with Crippen LogP contribution in [0, 0.1) is 10.1 Å². The quantitative estimate of drug-likeness (QED) is 0.240. The predicted octanol–water partition coefficient (Wildman–Crippen LogP) is 4.47. The number of rotatable bonds is 8. The number of nitro groups is 1. The van der Waals surface area contributed by atoms with Crippen molar-refractivity contribution >= 4 is 22.7 Å². The second-order valence-corrected chi connectivity index (χ2v) is 8.88. The fourth-order valence-corrected chi connectivity index (χ4v) is 4.91. The maximum absolute atomic E-state index is 12.4. The molecule has 1 aliphatic carbocycles. The number of fused-ring (bicyclic) bond motifs is 4. The molecule has 1 amide bonds. The molecule has 2 unspecified atom stereocenters. The highest BCUT2D eigenvalue weighted by Gasteiger charge is 2.29. The Kier molecular flexibility index (Phi) is 6.80. The van der Waals surface area contributed by atoms with Crippen molar-refractivity contribution in [3.63, 3.8) is 0 Å². The lowest BCUT2D eigenvalue weighted by molar-refractivity contribution is -0.383. The number of hydrogen-bond acceptors (Lipinski definition) is 7. The molecule has 3 N–H and O–H groups in total. The number of carbonyl (C=O) groups excluding carboxylic acids is 1. The van der Waals surface area contributed by atoms with Crippen molar-refractivity contribution in [2.45, 2.75) is 24.5 Å². The van der Waals surface area contributed by atoms with E-state index in [2.05, 4.69) is 22.4 Å². The topological polar surface area (TPSA) is 135 Å². The molecule has 0 bridgehead atoms. The third-order valence-corrected chi connectivity index (χ3v) is 6.71. The largest absolute Gasteiger partial charge is 0.449 e. The van der Waals surface area contributed by atoms with Crippen LogP contribution >= 0.6 is 0 Å². The lowest BCUT2D eigenvalue weighted by Crippen LogP contribution is -2.30. The average molecular weight is 500 g/mol. The number of pyridine rings is 1. The SMILES string of the molecule is O=C(NCCC(O)C(O)c1ccc([N+](=O)[O-])c2cccnc12)OCC1c2ccccc2-c2ccccc21. The van der Waals surface area contributed by atoms with Crippen LogP contribution in [0.2, 0.25) is 0 Å². The molecule has 0 aliphatic heterocycles. The van der Waals surface area contributed by atoms with E-state index in [9.17, 15) is 25.1 Å². The number of hydrogen-bond donors (Lipinski definition) is 3. The molecule has 0 radical (unpaired) electrons. The van der Waals surface area contributed by atoms with Gasteiger partial charge in [0.05, 0.1) is 21.9 Å². The van der Waals surface area contributed by atoms with Crippen LogP contribution in [0.15, 0.2) is 79.0 Å². The molecule has 1 heterocycles. The second kappa shape index (κ2) is 10.3. The van der Waals surface area contributed by atoms with E-state index in [0.29, 0.717) is 0 Å². The number of carbonyl (C=O) groups is 1. The van der Waals surface area contributed by atoms with Crippen LogP contribution in [0.3, 0.4) is 0 Å². The fraction of sp³-hybridized carbons (Fsp3) is 0.214. The molecule has 9 heteroatoms. The number of aliphatic hydroxyl groups excluding tert-OH is 2. The predicted molar refractivity (Wildman–Crippen MR) is 137 cm³/mol. The molecular formula is C28H25N3O6. The first kappa shape index (κ1) is 24.4. The van der Waals surface area contributed by atoms with Gasteiger partial charge in [0.25, 0.3) is 5.69 Å². The zero-order valence-electron chi connectivity index (χ0n) is 19.8. The number of alkyl carbamates (subject to hydrolysis) is 1. The van der Waals surface area contributed by atoms with Crippen LogP contribution in [0.1, 0.15) is 35.1 Å². The van der Waals surface area contributed by atoms with E-state index in [4.69, 9.17) is 4.74 Å². The monoisotopic (exact) mass is 499 g/mol. The van der Waals surface area contributed by atoms with Crippen molar-refractivity contribution < 1.29 is 24.7 Å². The zero-order valence-corrected chi connectivity index (χ0v) is 19.8. The van der Waals surface area contributed by atoms with Crippen LogP contribution in [0.5, 0.6) is 0 Å². The highest BCUT2D eigenvalue weighted by Crippen LogP contribution is 2.44. The van der Waals surface area contributed by atoms with Gasteiger partial charge < -0.3 is 20.3 Å². The van der Waals surface area contributed by atoms with Crippen LogP contribution in [-0.2, 0) is 4.74 Å². The van der Waals surface area contributed by atoms with Gasteiger partial charge in [0.15, 0.2) is 0 Å². The minimum atomic E-state index is -1.34. The maximum Gasteiger partial charge on any atom is 0.407 e. The first-order valence-electron chi connectivity index (χ1n) is 11.9. The van der Waals surface area contributed by atoms with Crippen molar-refractivity contribution in [2.75, 3.05) is 13.2 Å². The molecule has 0 fully saturated rings. The van der Waals surface area contributed by atoms with Gasteiger partial charge in [-0.1, -0.05) is 48.5 Å². The van der Waals surface area contributed by atoms with Crippen molar-refractivity contribution in [1.82, 2.24) is 10.3 Å². The molecule has 3 aromatic carbocycles. The summed E-state index contributed by atoms with van der Waals surface area (Å²) in [7, 11) is 0. The standard InChI is InChI=1S/C28H25N3O6/c32-25(27(33)22-11-12-24(31(35)36)21-10-5-14-29-26(21)22)13-15-30-28(34)37-16-23-19-8-3-1-6-17(19)18-7-2-4-9-20(18)23/h1-12,14,23,25,27,32-33H,13,15-16H2,(H,30,34). The van der Waals surface area contributed by atoms with Gasteiger partial charge in [0, 0.05) is 30.3 Å². The number of aromatic nitrogens is 1. The smallest absolute Gasteiger partial charge is 0.407 e. The lowest BCUT2D eigenvalue weighted by Gasteiger charge is -2.20. The molecular weight excluding hydrogens is 474 g/mol. The molecule has 0 spiro atoms. The molecule has 188 valence electrons. The summed E-state index contributed by atoms with van der Waals surface area (Å²) >= 11 is 0. The van der Waals surface area contributed by atoms with Gasteiger partial charge in [-0.3, -0.25) is 15.1 Å². The molecule has 0 saturated carbocycles. The zero-order chi connectivity index (χ0) is 25.9. The van der Waals surface area contributed by atoms with Crippen LogP contribution < -0.4 is 5.32 Å². The second-order valence-electron chi connectivity index (χ2n) is 8.88. The third-order valence-electron chi connectivity index (χ3n) is 6.71.